The number of ether oxygens (including phenoxy) is 1. The number of imidazole rings is 1. The van der Waals surface area contributed by atoms with Gasteiger partial charge in [0.05, 0.1) is 29.0 Å². The summed E-state index contributed by atoms with van der Waals surface area (Å²) in [6.45, 7) is 6.67. The van der Waals surface area contributed by atoms with Gasteiger partial charge in [0.2, 0.25) is 11.5 Å². The molecule has 6 rings (SSSR count). The number of aryl methyl sites for hydroxylation is 2. The highest BCUT2D eigenvalue weighted by Gasteiger charge is 2.37. The van der Waals surface area contributed by atoms with E-state index < -0.39 is 0 Å². The molecule has 212 valence electrons. The molecule has 0 bridgehead atoms. The molecule has 0 spiro atoms. The molecule has 2 atom stereocenters. The van der Waals surface area contributed by atoms with Gasteiger partial charge < -0.3 is 18.8 Å². The molecule has 1 aliphatic carbocycles. The van der Waals surface area contributed by atoms with Gasteiger partial charge in [-0.05, 0) is 62.3 Å². The summed E-state index contributed by atoms with van der Waals surface area (Å²) in [5.74, 6) is -0.0982. The normalized spacial score (nSPS) is 16.8. The fourth-order valence-electron chi connectivity index (χ4n) is 6.08. The van der Waals surface area contributed by atoms with E-state index in [0.717, 1.165) is 29.4 Å². The highest BCUT2D eigenvalue weighted by molar-refractivity contribution is 5.80. The number of fused-ring (bicyclic) bond motifs is 1. The van der Waals surface area contributed by atoms with Crippen LogP contribution in [0, 0.1) is 31.1 Å². The van der Waals surface area contributed by atoms with Crippen LogP contribution in [-0.2, 0) is 20.7 Å². The smallest absolute Gasteiger partial charge is 0.312 e. The van der Waals surface area contributed by atoms with Gasteiger partial charge >= 0.3 is 5.97 Å². The second kappa shape index (κ2) is 11.0. The molecule has 7 heteroatoms. The first-order valence-corrected chi connectivity index (χ1v) is 14.6. The maximum absolute atomic E-state index is 13.0. The molecule has 41 heavy (non-hydrogen) atoms. The Morgan fingerprint density at radius 2 is 1.46 bits per heavy atom. The molecule has 2 heterocycles. The predicted molar refractivity (Wildman–Crippen MR) is 158 cm³/mol. The Bertz CT molecular complexity index is 1620. The Balaban J connectivity index is 1.39. The third kappa shape index (κ3) is 5.45. The number of hydrogen-bond donors (Lipinski definition) is 1. The predicted octanol–water partition coefficient (Wildman–Crippen LogP) is 5.34. The number of hydrogen-bond acceptors (Lipinski definition) is 4. The monoisotopic (exact) mass is 550 g/mol. The summed E-state index contributed by atoms with van der Waals surface area (Å²) < 4.78 is 10.2. The van der Waals surface area contributed by atoms with Gasteiger partial charge in [0.1, 0.15) is 6.61 Å². The Morgan fingerprint density at radius 1 is 0.878 bits per heavy atom. The molecule has 4 aromatic rings. The molecule has 1 saturated heterocycles. The first-order valence-electron chi connectivity index (χ1n) is 14.6. The zero-order valence-corrected chi connectivity index (χ0v) is 24.0. The van der Waals surface area contributed by atoms with Crippen molar-refractivity contribution in [1.82, 2.24) is 14.0 Å². The minimum Gasteiger partial charge on any atom is -0.463 e. The summed E-state index contributed by atoms with van der Waals surface area (Å²) in [4.78, 5) is 26.2. The molecule has 2 aliphatic rings. The average Bonchev–Trinajstić information content (AvgIpc) is 3.72. The number of likely N-dealkylation sites (tertiary alicyclic amines) is 1. The molecule has 1 aromatic heterocycles. The van der Waals surface area contributed by atoms with Crippen molar-refractivity contribution < 1.29 is 14.3 Å². The van der Waals surface area contributed by atoms with Crippen molar-refractivity contribution in [2.45, 2.75) is 52.1 Å². The van der Waals surface area contributed by atoms with Crippen LogP contribution in [-0.4, -0.2) is 45.6 Å². The zero-order chi connectivity index (χ0) is 28.7. The van der Waals surface area contributed by atoms with Crippen LogP contribution in [0.5, 0.6) is 0 Å². The van der Waals surface area contributed by atoms with Gasteiger partial charge in [-0.2, -0.15) is 0 Å². The molecule has 1 saturated carbocycles. The topological polar surface area (TPSA) is 80.3 Å². The van der Waals surface area contributed by atoms with Gasteiger partial charge in [-0.25, -0.2) is 0 Å². The van der Waals surface area contributed by atoms with Crippen LogP contribution in [0.15, 0.2) is 72.8 Å². The Kier molecular flexibility index (Phi) is 7.28. The first kappa shape index (κ1) is 27.1. The largest absolute Gasteiger partial charge is 0.463 e. The molecule has 0 radical (unpaired) electrons. The van der Waals surface area contributed by atoms with E-state index >= 15 is 0 Å². The van der Waals surface area contributed by atoms with Crippen LogP contribution >= 0.6 is 0 Å². The Hall–Kier alpha value is -4.13. The van der Waals surface area contributed by atoms with Crippen molar-refractivity contribution in [2.24, 2.45) is 11.8 Å². The van der Waals surface area contributed by atoms with Crippen LogP contribution in [0.25, 0.3) is 11.0 Å². The molecule has 1 amide bonds. The maximum atomic E-state index is 13.0. The van der Waals surface area contributed by atoms with Crippen LogP contribution in [0.4, 0.5) is 0 Å². The third-order valence-corrected chi connectivity index (χ3v) is 8.66. The number of amides is 1. The molecule has 2 unspecified atom stereocenters. The molecule has 1 aliphatic heterocycles. The summed E-state index contributed by atoms with van der Waals surface area (Å²) in [7, 11) is 0. The molecule has 3 aromatic carbocycles. The lowest BCUT2D eigenvalue weighted by atomic mass is 10.0. The Morgan fingerprint density at radius 3 is 2.05 bits per heavy atom. The summed E-state index contributed by atoms with van der Waals surface area (Å²) in [5.41, 5.74) is 7.17. The zero-order valence-electron chi connectivity index (χ0n) is 24.0. The van der Waals surface area contributed by atoms with Gasteiger partial charge in [0.15, 0.2) is 0 Å². The maximum Gasteiger partial charge on any atom is 0.312 e. The fraction of sp³-hybridized carbons (Fsp3) is 0.382. The molecule has 2 fully saturated rings. The lowest BCUT2D eigenvalue weighted by Gasteiger charge is -2.37. The number of benzene rings is 3. The molecular formula is C34H38N4O3. The Labute approximate surface area is 240 Å². The number of carbonyl (C=O) groups excluding carboxylic acids is 2. The quantitative estimate of drug-likeness (QED) is 0.286. The number of para-hydroxylation sites is 2. The van der Waals surface area contributed by atoms with Crippen molar-refractivity contribution >= 4 is 22.9 Å². The number of esters is 1. The van der Waals surface area contributed by atoms with Gasteiger partial charge in [0.25, 0.3) is 0 Å². The SMILES string of the molecule is CC(=O)N1CC(C(=O)OCC(Cc2ccc(C)cc2)n2c(=N)n(C(c3ccc(C)cc3)C3CC3)c3ccccc32)C1. The van der Waals surface area contributed by atoms with Crippen LogP contribution < -0.4 is 5.62 Å². The molecule has 1 N–H and O–H groups in total. The van der Waals surface area contributed by atoms with Crippen LogP contribution in [0.2, 0.25) is 0 Å². The van der Waals surface area contributed by atoms with Crippen molar-refractivity contribution in [2.75, 3.05) is 19.7 Å². The summed E-state index contributed by atoms with van der Waals surface area (Å²) in [6, 6.07) is 25.2. The van der Waals surface area contributed by atoms with Crippen molar-refractivity contribution in [1.29, 1.82) is 5.41 Å². The van der Waals surface area contributed by atoms with Gasteiger partial charge in [0, 0.05) is 20.0 Å². The van der Waals surface area contributed by atoms with Gasteiger partial charge in [-0.3, -0.25) is 15.0 Å². The van der Waals surface area contributed by atoms with Crippen molar-refractivity contribution in [3.63, 3.8) is 0 Å². The minimum atomic E-state index is -0.290. The van der Waals surface area contributed by atoms with E-state index in [0.29, 0.717) is 31.0 Å². The lowest BCUT2D eigenvalue weighted by molar-refractivity contribution is -0.158. The number of carbonyl (C=O) groups is 2. The average molecular weight is 551 g/mol. The number of nitrogens with one attached hydrogen (secondary N) is 1. The molecule has 7 nitrogen and oxygen atoms in total. The van der Waals surface area contributed by atoms with Crippen molar-refractivity contribution in [3.05, 3.63) is 101 Å². The first-order chi connectivity index (χ1) is 19.8. The summed E-state index contributed by atoms with van der Waals surface area (Å²) in [5, 5.41) is 9.58. The summed E-state index contributed by atoms with van der Waals surface area (Å²) in [6.07, 6.45) is 2.92. The van der Waals surface area contributed by atoms with E-state index in [4.69, 9.17) is 4.74 Å². The van der Waals surface area contributed by atoms with E-state index in [1.807, 2.05) is 12.1 Å². The van der Waals surface area contributed by atoms with Crippen LogP contribution in [0.1, 0.15) is 54.1 Å². The number of rotatable bonds is 9. The van der Waals surface area contributed by atoms with E-state index in [1.54, 1.807) is 4.90 Å². The minimum absolute atomic E-state index is 0.0210. The van der Waals surface area contributed by atoms with Gasteiger partial charge in [-0.1, -0.05) is 71.8 Å². The van der Waals surface area contributed by atoms with E-state index in [-0.39, 0.29) is 36.5 Å². The third-order valence-electron chi connectivity index (χ3n) is 8.66. The lowest BCUT2D eigenvalue weighted by Crippen LogP contribution is -2.52. The second-order valence-electron chi connectivity index (χ2n) is 11.8. The molecular weight excluding hydrogens is 512 g/mol. The van der Waals surface area contributed by atoms with Crippen LogP contribution in [0.3, 0.4) is 0 Å². The fourth-order valence-corrected chi connectivity index (χ4v) is 6.08. The second-order valence-corrected chi connectivity index (χ2v) is 11.8. The van der Waals surface area contributed by atoms with Gasteiger partial charge in [-0.15, -0.1) is 0 Å². The summed E-state index contributed by atoms with van der Waals surface area (Å²) >= 11 is 0. The van der Waals surface area contributed by atoms with E-state index in [2.05, 4.69) is 83.6 Å². The highest BCUT2D eigenvalue weighted by atomic mass is 16.5. The standard InChI is InChI=1S/C34H38N4O3/c1-22-8-12-25(13-9-22)18-29(21-41-33(40)28-19-36(20-28)24(3)39)37-30-6-4-5-7-31(30)38(34(37)35)32(27-16-17-27)26-14-10-23(2)11-15-26/h4-15,27-29,32,35H,16-21H2,1-3H3. The van der Waals surface area contributed by atoms with E-state index in [9.17, 15) is 15.0 Å². The van der Waals surface area contributed by atoms with E-state index in [1.165, 1.54) is 23.6 Å². The number of aromatic nitrogens is 2. The van der Waals surface area contributed by atoms with Crippen molar-refractivity contribution in [3.8, 4) is 0 Å². The highest BCUT2D eigenvalue weighted by Crippen LogP contribution is 2.44. The number of nitrogens with zero attached hydrogens (tertiary/aromatic N) is 3.